The maximum absolute atomic E-state index is 13.1. The summed E-state index contributed by atoms with van der Waals surface area (Å²) in [5.41, 5.74) is 12.7. The highest BCUT2D eigenvalue weighted by Gasteiger charge is 2.24. The Morgan fingerprint density at radius 2 is 1.59 bits per heavy atom. The monoisotopic (exact) mass is 731 g/mol. The third kappa shape index (κ3) is 8.84. The minimum Gasteiger partial charge on any atom is -0.378 e. The molecule has 0 unspecified atom stereocenters. The van der Waals surface area contributed by atoms with E-state index in [1.54, 1.807) is 12.3 Å². The number of benzene rings is 3. The molecule has 3 aromatic carbocycles. The molecule has 1 saturated heterocycles. The largest absolute Gasteiger partial charge is 0.378 e. The minimum atomic E-state index is -0.284. The molecule has 0 aliphatic carbocycles. The van der Waals surface area contributed by atoms with Gasteiger partial charge in [-0.3, -0.25) is 19.1 Å². The van der Waals surface area contributed by atoms with Gasteiger partial charge in [-0.15, -0.1) is 0 Å². The van der Waals surface area contributed by atoms with Crippen LogP contribution in [0.15, 0.2) is 101 Å². The first-order chi connectivity index (χ1) is 26.5. The van der Waals surface area contributed by atoms with Crippen molar-refractivity contribution < 1.29 is 19.0 Å². The molecule has 0 atom stereocenters. The molecule has 1 aliphatic heterocycles. The summed E-state index contributed by atoms with van der Waals surface area (Å²) in [6, 6.07) is 27.7. The fourth-order valence-electron chi connectivity index (χ4n) is 6.98. The normalized spacial score (nSPS) is 13.9. The molecular weight excluding hydrogens is 686 g/mol. The first-order valence-corrected chi connectivity index (χ1v) is 18.3. The molecule has 0 radical (unpaired) electrons. The van der Waals surface area contributed by atoms with Crippen molar-refractivity contribution in [1.29, 1.82) is 0 Å². The summed E-state index contributed by atoms with van der Waals surface area (Å²) in [6.07, 6.45) is 3.26. The summed E-state index contributed by atoms with van der Waals surface area (Å²) in [7, 11) is 0. The van der Waals surface area contributed by atoms with E-state index in [1.165, 1.54) is 5.56 Å². The van der Waals surface area contributed by atoms with Gasteiger partial charge in [-0.05, 0) is 54.3 Å². The van der Waals surface area contributed by atoms with Gasteiger partial charge in [0.1, 0.15) is 6.61 Å². The van der Waals surface area contributed by atoms with Gasteiger partial charge in [0.05, 0.1) is 60.7 Å². The number of nitrogens with zero attached hydrogens (tertiary/aromatic N) is 3. The Kier molecular flexibility index (Phi) is 12.0. The lowest BCUT2D eigenvalue weighted by molar-refractivity contribution is -0.121. The number of hydrogen-bond donors (Lipinski definition) is 4. The van der Waals surface area contributed by atoms with Crippen LogP contribution in [-0.2, 0) is 25.5 Å². The number of aromatic nitrogens is 4. The molecule has 1 aliphatic rings. The Morgan fingerprint density at radius 1 is 0.852 bits per heavy atom. The number of nitrogens with two attached hydrogens (primary N) is 1. The molecule has 0 saturated carbocycles. The molecule has 13 nitrogen and oxygen atoms in total. The summed E-state index contributed by atoms with van der Waals surface area (Å²) in [6.45, 7) is 4.87. The standard InChI is InChI=1S/C41H45N7O6/c42-15-19-52-20-21-53-22-23-54-27-38(49)44-31-10-11-36-37(24-31)48(41(51)46-36)32-13-17-47(18-14-32)26-28-6-8-30(9-7-28)39-33(29-4-2-1-3-5-29)25-34-35(45-39)12-16-43-40(34)50/h1-12,16,24-25,32H,13-15,17-23,26-27,42H2,(H,43,50)(H,44,49)(H,46,51). The molecule has 13 heteroatoms. The second kappa shape index (κ2) is 17.6. The smallest absolute Gasteiger partial charge is 0.326 e. The Labute approximate surface area is 312 Å². The van der Waals surface area contributed by atoms with Crippen LogP contribution in [0.4, 0.5) is 5.69 Å². The fourth-order valence-corrected chi connectivity index (χ4v) is 6.98. The highest BCUT2D eigenvalue weighted by molar-refractivity contribution is 5.94. The van der Waals surface area contributed by atoms with Gasteiger partial charge < -0.3 is 35.2 Å². The van der Waals surface area contributed by atoms with Crippen LogP contribution >= 0.6 is 0 Å². The van der Waals surface area contributed by atoms with Gasteiger partial charge in [-0.25, -0.2) is 9.78 Å². The number of aromatic amines is 2. The van der Waals surface area contributed by atoms with E-state index in [1.807, 2.05) is 59.2 Å². The molecular formula is C41H45N7O6. The fraction of sp³-hybridized carbons (Fsp3) is 0.317. The lowest BCUT2D eigenvalue weighted by atomic mass is 9.97. The number of amides is 1. The number of fused-ring (bicyclic) bond motifs is 2. The van der Waals surface area contributed by atoms with Gasteiger partial charge in [0.25, 0.3) is 5.56 Å². The van der Waals surface area contributed by atoms with Crippen molar-refractivity contribution in [2.45, 2.75) is 25.4 Å². The quantitative estimate of drug-likeness (QED) is 0.103. The van der Waals surface area contributed by atoms with Crippen molar-refractivity contribution >= 4 is 33.5 Å². The SMILES string of the molecule is NCCOCCOCCOCC(=O)Nc1ccc2[nH]c(=O)n(C3CCN(Cc4ccc(-c5nc6cc[nH]c(=O)c6cc5-c5ccccc5)cc4)CC3)c2c1. The third-order valence-electron chi connectivity index (χ3n) is 9.63. The average molecular weight is 732 g/mol. The van der Waals surface area contributed by atoms with E-state index in [9.17, 15) is 14.4 Å². The summed E-state index contributed by atoms with van der Waals surface area (Å²) in [5.74, 6) is -0.284. The molecule has 3 aromatic heterocycles. The van der Waals surface area contributed by atoms with Gasteiger partial charge in [0.15, 0.2) is 0 Å². The number of piperidine rings is 1. The molecule has 1 fully saturated rings. The van der Waals surface area contributed by atoms with Crippen molar-refractivity contribution in [1.82, 2.24) is 24.4 Å². The number of likely N-dealkylation sites (tertiary alicyclic amines) is 1. The number of pyridine rings is 2. The summed E-state index contributed by atoms with van der Waals surface area (Å²) < 4.78 is 17.9. The molecule has 0 bridgehead atoms. The second-order valence-electron chi connectivity index (χ2n) is 13.3. The number of imidazole rings is 1. The predicted octanol–water partition coefficient (Wildman–Crippen LogP) is 4.68. The highest BCUT2D eigenvalue weighted by Crippen LogP contribution is 2.33. The van der Waals surface area contributed by atoms with Crippen molar-refractivity contribution in [2.75, 3.05) is 64.6 Å². The Balaban J connectivity index is 0.951. The van der Waals surface area contributed by atoms with Crippen molar-refractivity contribution in [3.8, 4) is 22.4 Å². The number of rotatable bonds is 16. The number of H-pyrrole nitrogens is 2. The highest BCUT2D eigenvalue weighted by atomic mass is 16.5. The zero-order valence-corrected chi connectivity index (χ0v) is 30.1. The lowest BCUT2D eigenvalue weighted by Crippen LogP contribution is -2.36. The molecule has 4 heterocycles. The molecule has 7 rings (SSSR count). The molecule has 0 spiro atoms. The van der Waals surface area contributed by atoms with E-state index in [0.717, 1.165) is 65.9 Å². The van der Waals surface area contributed by atoms with Crippen molar-refractivity contribution in [3.05, 3.63) is 118 Å². The van der Waals surface area contributed by atoms with Gasteiger partial charge in [0.2, 0.25) is 5.91 Å². The van der Waals surface area contributed by atoms with E-state index in [0.29, 0.717) is 49.6 Å². The number of nitrogens with one attached hydrogen (secondary N) is 3. The Morgan fingerprint density at radius 3 is 2.35 bits per heavy atom. The maximum atomic E-state index is 13.1. The maximum Gasteiger partial charge on any atom is 0.326 e. The minimum absolute atomic E-state index is 0.0301. The molecule has 6 aromatic rings. The number of ether oxygens (including phenoxy) is 3. The Bertz CT molecular complexity index is 2290. The summed E-state index contributed by atoms with van der Waals surface area (Å²) in [5, 5.41) is 3.44. The Hall–Kier alpha value is -5.44. The van der Waals surface area contributed by atoms with Gasteiger partial charge in [-0.1, -0.05) is 54.6 Å². The van der Waals surface area contributed by atoms with Gasteiger partial charge in [0, 0.05) is 55.2 Å². The van der Waals surface area contributed by atoms with Crippen LogP contribution in [0.1, 0.15) is 24.4 Å². The van der Waals surface area contributed by atoms with Crippen LogP contribution in [0.3, 0.4) is 0 Å². The van der Waals surface area contributed by atoms with Gasteiger partial charge in [-0.2, -0.15) is 0 Å². The summed E-state index contributed by atoms with van der Waals surface area (Å²) in [4.78, 5) is 51.4. The van der Waals surface area contributed by atoms with Crippen molar-refractivity contribution in [3.63, 3.8) is 0 Å². The van der Waals surface area contributed by atoms with E-state index in [4.69, 9.17) is 24.9 Å². The molecule has 5 N–H and O–H groups in total. The van der Waals surface area contributed by atoms with Crippen LogP contribution in [0.2, 0.25) is 0 Å². The molecule has 1 amide bonds. The van der Waals surface area contributed by atoms with E-state index >= 15 is 0 Å². The van der Waals surface area contributed by atoms with Crippen LogP contribution in [-0.4, -0.2) is 89.6 Å². The van der Waals surface area contributed by atoms with Gasteiger partial charge >= 0.3 is 5.69 Å². The predicted molar refractivity (Wildman–Crippen MR) is 209 cm³/mol. The van der Waals surface area contributed by atoms with Crippen molar-refractivity contribution in [2.24, 2.45) is 5.73 Å². The van der Waals surface area contributed by atoms with Crippen LogP contribution in [0.5, 0.6) is 0 Å². The summed E-state index contributed by atoms with van der Waals surface area (Å²) >= 11 is 0. The average Bonchev–Trinajstić information content (AvgIpc) is 3.52. The zero-order chi connectivity index (χ0) is 37.3. The lowest BCUT2D eigenvalue weighted by Gasteiger charge is -2.32. The molecule has 54 heavy (non-hydrogen) atoms. The van der Waals surface area contributed by atoms with E-state index in [-0.39, 0.29) is 36.4 Å². The van der Waals surface area contributed by atoms with Crippen LogP contribution < -0.4 is 22.3 Å². The second-order valence-corrected chi connectivity index (χ2v) is 13.3. The van der Waals surface area contributed by atoms with E-state index < -0.39 is 0 Å². The van der Waals surface area contributed by atoms with E-state index in [2.05, 4.69) is 44.5 Å². The number of anilines is 1. The number of hydrogen-bond acceptors (Lipinski definition) is 9. The topological polar surface area (TPSA) is 170 Å². The first kappa shape index (κ1) is 36.9. The zero-order valence-electron chi connectivity index (χ0n) is 30.1. The first-order valence-electron chi connectivity index (χ1n) is 18.3. The third-order valence-corrected chi connectivity index (χ3v) is 9.63. The van der Waals surface area contributed by atoms with Crippen LogP contribution in [0.25, 0.3) is 44.3 Å². The number of carbonyl (C=O) groups excluding carboxylic acids is 1. The number of carbonyl (C=O) groups is 1. The molecule has 280 valence electrons. The van der Waals surface area contributed by atoms with Crippen LogP contribution in [0, 0.1) is 0 Å².